The van der Waals surface area contributed by atoms with E-state index in [0.717, 1.165) is 0 Å². The van der Waals surface area contributed by atoms with Crippen LogP contribution in [0, 0.1) is 10.8 Å². The Morgan fingerprint density at radius 2 is 1.92 bits per heavy atom. The first-order valence-electron chi connectivity index (χ1n) is 3.73. The lowest BCUT2D eigenvalue weighted by molar-refractivity contribution is 0.0518. The molecule has 0 rings (SSSR count). The normalized spacial score (nSPS) is 9.38. The van der Waals surface area contributed by atoms with E-state index in [4.69, 9.17) is 20.6 Å². The highest BCUT2D eigenvalue weighted by atomic mass is 16.6. The van der Waals surface area contributed by atoms with E-state index >= 15 is 0 Å². The second kappa shape index (κ2) is 7.31. The third kappa shape index (κ3) is 13.6. The minimum atomic E-state index is -0.494. The summed E-state index contributed by atoms with van der Waals surface area (Å²) < 4.78 is 4.88. The van der Waals surface area contributed by atoms with E-state index < -0.39 is 11.7 Å². The summed E-state index contributed by atoms with van der Waals surface area (Å²) in [5.41, 5.74) is -0.473. The number of amides is 1. The number of nitrogens with zero attached hydrogens (tertiary/aromatic N) is 2. The van der Waals surface area contributed by atoms with Crippen molar-refractivity contribution < 1.29 is 14.6 Å². The highest BCUT2D eigenvalue weighted by Gasteiger charge is 2.14. The van der Waals surface area contributed by atoms with Crippen molar-refractivity contribution in [2.75, 3.05) is 13.2 Å². The molecule has 0 bridgehead atoms. The van der Waals surface area contributed by atoms with Crippen molar-refractivity contribution in [3.05, 3.63) is 0 Å². The molecule has 0 aliphatic rings. The van der Waals surface area contributed by atoms with Gasteiger partial charge < -0.3 is 15.2 Å². The average Bonchev–Trinajstić information content (AvgIpc) is 2.01. The van der Waals surface area contributed by atoms with E-state index in [0.29, 0.717) is 0 Å². The first-order valence-corrected chi connectivity index (χ1v) is 3.73. The molecule has 76 valence electrons. The molecule has 0 aromatic rings. The number of ether oxygens (including phenoxy) is 1. The zero-order chi connectivity index (χ0) is 10.9. The predicted molar refractivity (Wildman–Crippen MR) is 44.8 cm³/mol. The van der Waals surface area contributed by atoms with Gasteiger partial charge in [-0.25, -0.2) is 4.79 Å². The van der Waals surface area contributed by atoms with Gasteiger partial charge in [0.15, 0.2) is 0 Å². The summed E-state index contributed by atoms with van der Waals surface area (Å²) in [6.07, 6.45) is -0.494. The number of aliphatic hydroxyl groups excluding tert-OH is 1. The van der Waals surface area contributed by atoms with Crippen LogP contribution < -0.4 is 5.32 Å². The highest BCUT2D eigenvalue weighted by Crippen LogP contribution is 2.05. The fourth-order valence-corrected chi connectivity index (χ4v) is 0.472. The van der Waals surface area contributed by atoms with E-state index in [1.165, 1.54) is 0 Å². The van der Waals surface area contributed by atoms with Crippen molar-refractivity contribution in [2.45, 2.75) is 26.4 Å². The molecule has 2 N–H and O–H groups in total. The summed E-state index contributed by atoms with van der Waals surface area (Å²) in [5.74, 6) is 0. The van der Waals surface area contributed by atoms with E-state index in [9.17, 15) is 4.79 Å². The van der Waals surface area contributed by atoms with E-state index in [1.807, 2.05) is 0 Å². The number of aliphatic hydroxyl groups is 1. The minimum Gasteiger partial charge on any atom is -0.444 e. The predicted octanol–water partition coefficient (Wildman–Crippen LogP) is 0.534. The maximum Gasteiger partial charge on any atom is 0.407 e. The number of carbonyl (C=O) groups is 1. The number of rotatable bonds is 2. The zero-order valence-corrected chi connectivity index (χ0v) is 8.07. The van der Waals surface area contributed by atoms with Gasteiger partial charge in [0.2, 0.25) is 0 Å². The van der Waals surface area contributed by atoms with Crippen LogP contribution in [0.2, 0.25) is 0 Å². The first kappa shape index (κ1) is 14.2. The smallest absolute Gasteiger partial charge is 0.407 e. The summed E-state index contributed by atoms with van der Waals surface area (Å²) in [6, 6.07) is 0. The van der Waals surface area contributed by atoms with Crippen molar-refractivity contribution in [1.82, 2.24) is 5.32 Å². The van der Waals surface area contributed by atoms with Crippen LogP contribution in [0.4, 0.5) is 4.79 Å². The molecule has 6 nitrogen and oxygen atoms in total. The molecule has 0 aromatic heterocycles. The Morgan fingerprint density at radius 3 is 2.23 bits per heavy atom. The number of alkyl carbamates (subject to hydrolysis) is 1. The maximum atomic E-state index is 10.8. The van der Waals surface area contributed by atoms with Crippen LogP contribution in [0.5, 0.6) is 0 Å². The van der Waals surface area contributed by atoms with Crippen LogP contribution >= 0.6 is 0 Å². The summed E-state index contributed by atoms with van der Waals surface area (Å²) >= 11 is 0. The number of hydrogen-bond acceptors (Lipinski definition) is 5. The fourth-order valence-electron chi connectivity index (χ4n) is 0.472. The molecule has 0 radical (unpaired) electrons. The first-order chi connectivity index (χ1) is 5.95. The molecule has 0 aliphatic carbocycles. The van der Waals surface area contributed by atoms with Crippen molar-refractivity contribution in [3.8, 4) is 0 Å². The van der Waals surface area contributed by atoms with E-state index in [2.05, 4.69) is 5.32 Å². The molecule has 0 atom stereocenters. The van der Waals surface area contributed by atoms with Gasteiger partial charge in [-0.15, -0.1) is 0 Å². The maximum absolute atomic E-state index is 10.8. The minimum absolute atomic E-state index is 0.0702. The molecule has 0 fully saturated rings. The van der Waals surface area contributed by atoms with Crippen molar-refractivity contribution in [3.63, 3.8) is 0 Å². The van der Waals surface area contributed by atoms with Crippen molar-refractivity contribution >= 4 is 6.09 Å². The largest absolute Gasteiger partial charge is 0.444 e. The van der Waals surface area contributed by atoms with Gasteiger partial charge >= 0.3 is 6.09 Å². The van der Waals surface area contributed by atoms with Gasteiger partial charge in [0.25, 0.3) is 0 Å². The lowest BCUT2D eigenvalue weighted by atomic mass is 10.2. The van der Waals surface area contributed by atoms with Gasteiger partial charge in [0, 0.05) is 17.3 Å². The van der Waals surface area contributed by atoms with Gasteiger partial charge in [-0.05, 0) is 20.8 Å². The summed E-state index contributed by atoms with van der Waals surface area (Å²) in [5, 5.41) is 22.7. The van der Waals surface area contributed by atoms with Crippen LogP contribution in [0.25, 0.3) is 0 Å². The lowest BCUT2D eigenvalue weighted by Crippen LogP contribution is -2.33. The van der Waals surface area contributed by atoms with Gasteiger partial charge in [0.05, 0.1) is 6.61 Å². The van der Waals surface area contributed by atoms with E-state index in [1.54, 1.807) is 20.8 Å². The van der Waals surface area contributed by atoms with Crippen LogP contribution in [-0.4, -0.2) is 30.0 Å². The number of carbonyl (C=O) groups excluding carboxylic acids is 1. The molecule has 0 unspecified atom stereocenters. The molecule has 0 spiro atoms. The Bertz CT molecular complexity index is 162. The van der Waals surface area contributed by atoms with Crippen LogP contribution in [0.1, 0.15) is 20.8 Å². The van der Waals surface area contributed by atoms with Gasteiger partial charge in [-0.3, -0.25) is 0 Å². The third-order valence-corrected chi connectivity index (χ3v) is 0.780. The monoisotopic (exact) mass is 189 g/mol. The molecule has 6 heteroatoms. The molecule has 0 saturated heterocycles. The molecule has 0 saturated carbocycles. The Kier molecular flexibility index (Phi) is 7.98. The molecule has 13 heavy (non-hydrogen) atoms. The average molecular weight is 189 g/mol. The summed E-state index contributed by atoms with van der Waals surface area (Å²) in [6.45, 7) is 5.51. The highest BCUT2D eigenvalue weighted by molar-refractivity contribution is 5.67. The number of nitrogens with one attached hydrogen (secondary N) is 1. The van der Waals surface area contributed by atoms with Crippen molar-refractivity contribution in [2.24, 2.45) is 0 Å². The second-order valence-electron chi connectivity index (χ2n) is 3.15. The van der Waals surface area contributed by atoms with E-state index in [-0.39, 0.29) is 13.2 Å². The molecule has 0 heterocycles. The quantitative estimate of drug-likeness (QED) is 0.616. The lowest BCUT2D eigenvalue weighted by Gasteiger charge is -2.19. The molecular weight excluding hydrogens is 174 g/mol. The number of hydrogen-bond donors (Lipinski definition) is 2. The van der Waals surface area contributed by atoms with Gasteiger partial charge in [-0.1, -0.05) is 0 Å². The van der Waals surface area contributed by atoms with Gasteiger partial charge in [0.1, 0.15) is 5.60 Å². The topological polar surface area (TPSA) is 106 Å². The Labute approximate surface area is 77.3 Å². The van der Waals surface area contributed by atoms with Crippen LogP contribution in [0.15, 0.2) is 0 Å². The fraction of sp³-hybridized carbons (Fsp3) is 0.857. The van der Waals surface area contributed by atoms with Crippen LogP contribution in [-0.2, 0) is 4.74 Å². The Morgan fingerprint density at radius 1 is 1.46 bits per heavy atom. The second-order valence-corrected chi connectivity index (χ2v) is 3.15. The Hall–Kier alpha value is -1.35. The van der Waals surface area contributed by atoms with Crippen molar-refractivity contribution in [1.29, 1.82) is 10.8 Å². The van der Waals surface area contributed by atoms with Crippen LogP contribution in [0.3, 0.4) is 0 Å². The van der Waals surface area contributed by atoms with Gasteiger partial charge in [-0.2, -0.15) is 0 Å². The molecule has 0 aliphatic heterocycles. The molecular formula is C7H15N3O3. The third-order valence-electron chi connectivity index (χ3n) is 0.780. The Balaban J connectivity index is 0. The zero-order valence-electron chi connectivity index (χ0n) is 8.07. The SMILES string of the molecule is CC(C)(C)OC(=O)NCCO.N#N. The molecule has 0 aromatic carbocycles. The molecule has 1 amide bonds. The standard InChI is InChI=1S/C7H15NO3.N2/c1-7(2,3)11-6(10)8-4-5-9;1-2/h9H,4-5H2,1-3H3,(H,8,10);. The summed E-state index contributed by atoms with van der Waals surface area (Å²) in [7, 11) is 0. The summed E-state index contributed by atoms with van der Waals surface area (Å²) in [4.78, 5) is 10.8.